The number of nitro groups is 1. The van der Waals surface area contributed by atoms with Gasteiger partial charge in [-0.1, -0.05) is 42.5 Å². The first-order valence-electron chi connectivity index (χ1n) is 12.1. The first-order valence-corrected chi connectivity index (χ1v) is 12.1. The molecule has 2 heterocycles. The second-order valence-corrected chi connectivity index (χ2v) is 9.05. The highest BCUT2D eigenvalue weighted by atomic mass is 16.7. The smallest absolute Gasteiger partial charge is 0.338 e. The number of allylic oxidation sites excluding steroid dienone is 1. The molecule has 1 unspecified atom stereocenters. The number of hydrogen-bond donors (Lipinski definition) is 2. The molecule has 0 aliphatic carbocycles. The topological polar surface area (TPSA) is 158 Å². The maximum absolute atomic E-state index is 13.6. The average Bonchev–Trinajstić information content (AvgIpc) is 3.41. The van der Waals surface area contributed by atoms with Gasteiger partial charge in [0.25, 0.3) is 5.69 Å². The Morgan fingerprint density at radius 1 is 1.07 bits per heavy atom. The van der Waals surface area contributed by atoms with Gasteiger partial charge in [-0.3, -0.25) is 15.0 Å². The van der Waals surface area contributed by atoms with E-state index in [1.165, 1.54) is 29.2 Å². The fraction of sp³-hybridized carbons (Fsp3) is 0.179. The van der Waals surface area contributed by atoms with Gasteiger partial charge in [0.05, 0.1) is 40.3 Å². The lowest BCUT2D eigenvalue weighted by molar-refractivity contribution is -0.385. The number of benzene rings is 3. The van der Waals surface area contributed by atoms with Gasteiger partial charge in [0.2, 0.25) is 6.79 Å². The van der Waals surface area contributed by atoms with Crippen LogP contribution in [0.3, 0.4) is 0 Å². The van der Waals surface area contributed by atoms with Gasteiger partial charge in [-0.25, -0.2) is 14.4 Å². The molecule has 1 atom stereocenters. The van der Waals surface area contributed by atoms with Crippen molar-refractivity contribution in [3.05, 3.63) is 110 Å². The van der Waals surface area contributed by atoms with E-state index in [0.29, 0.717) is 5.56 Å². The quantitative estimate of drug-likeness (QED) is 0.239. The molecule has 2 aliphatic rings. The number of esters is 1. The molecule has 3 aromatic carbocycles. The number of ether oxygens (including phenoxy) is 3. The molecule has 2 aliphatic heterocycles. The lowest BCUT2D eigenvalue weighted by atomic mass is 9.93. The van der Waals surface area contributed by atoms with Crippen molar-refractivity contribution in [3.8, 4) is 11.5 Å². The van der Waals surface area contributed by atoms with Crippen LogP contribution in [0.5, 0.6) is 11.5 Å². The average molecular weight is 546 g/mol. The van der Waals surface area contributed by atoms with Crippen LogP contribution >= 0.6 is 0 Å². The number of fused-ring (bicyclic) bond motifs is 1. The third-order valence-electron chi connectivity index (χ3n) is 6.60. The van der Waals surface area contributed by atoms with Gasteiger partial charge in [0.1, 0.15) is 6.61 Å². The maximum Gasteiger partial charge on any atom is 0.338 e. The molecule has 0 bridgehead atoms. The summed E-state index contributed by atoms with van der Waals surface area (Å²) in [5, 5.41) is 23.9. The van der Waals surface area contributed by atoms with Gasteiger partial charge in [-0.2, -0.15) is 0 Å². The number of nitrogens with zero attached hydrogens (tertiary/aromatic N) is 2. The summed E-state index contributed by atoms with van der Waals surface area (Å²) in [6.07, 6.45) is 0. The van der Waals surface area contributed by atoms with Crippen LogP contribution in [0.15, 0.2) is 78.0 Å². The van der Waals surface area contributed by atoms with E-state index >= 15 is 0 Å². The molecule has 204 valence electrons. The molecule has 2 N–H and O–H groups in total. The number of aromatic carboxylic acids is 1. The van der Waals surface area contributed by atoms with E-state index in [9.17, 15) is 24.5 Å². The van der Waals surface area contributed by atoms with Crippen LogP contribution in [0.2, 0.25) is 0 Å². The monoisotopic (exact) mass is 545 g/mol. The van der Waals surface area contributed by atoms with Crippen molar-refractivity contribution >= 4 is 23.7 Å². The summed E-state index contributed by atoms with van der Waals surface area (Å²) in [7, 11) is 0. The van der Waals surface area contributed by atoms with Crippen LogP contribution in [-0.4, -0.2) is 39.7 Å². The molecule has 3 aromatic rings. The molecule has 0 fully saturated rings. The van der Waals surface area contributed by atoms with Crippen LogP contribution in [0, 0.1) is 10.1 Å². The van der Waals surface area contributed by atoms with Crippen molar-refractivity contribution in [1.82, 2.24) is 10.2 Å². The largest absolute Gasteiger partial charge is 0.478 e. The second-order valence-electron chi connectivity index (χ2n) is 9.05. The van der Waals surface area contributed by atoms with E-state index < -0.39 is 28.9 Å². The fourth-order valence-corrected chi connectivity index (χ4v) is 4.54. The first-order chi connectivity index (χ1) is 19.2. The predicted octanol–water partition coefficient (Wildman–Crippen LogP) is 4.31. The molecular weight excluding hydrogens is 522 g/mol. The third-order valence-corrected chi connectivity index (χ3v) is 6.60. The van der Waals surface area contributed by atoms with Crippen LogP contribution in [0.1, 0.15) is 40.0 Å². The van der Waals surface area contributed by atoms with Crippen molar-refractivity contribution < 1.29 is 38.6 Å². The normalized spacial score (nSPS) is 16.0. The number of carboxylic acid groups (broad SMARTS) is 1. The van der Waals surface area contributed by atoms with Crippen molar-refractivity contribution in [2.45, 2.75) is 26.1 Å². The van der Waals surface area contributed by atoms with Crippen LogP contribution in [0.25, 0.3) is 0 Å². The summed E-state index contributed by atoms with van der Waals surface area (Å²) < 4.78 is 16.3. The second kappa shape index (κ2) is 10.8. The highest BCUT2D eigenvalue weighted by molar-refractivity contribution is 5.95. The van der Waals surface area contributed by atoms with E-state index in [1.54, 1.807) is 43.3 Å². The molecule has 0 radical (unpaired) electrons. The number of carbonyl (C=O) groups excluding carboxylic acids is 2. The molecule has 0 saturated carbocycles. The molecule has 0 spiro atoms. The van der Waals surface area contributed by atoms with Gasteiger partial charge in [0.15, 0.2) is 11.5 Å². The summed E-state index contributed by atoms with van der Waals surface area (Å²) in [6.45, 7) is 1.37. The molecule has 12 nitrogen and oxygen atoms in total. The molecule has 12 heteroatoms. The van der Waals surface area contributed by atoms with E-state index in [1.807, 2.05) is 6.07 Å². The number of carbonyl (C=O) groups is 3. The SMILES string of the molecule is CC1=C(C(=O)OCc2ccccc2)C(c2cc3c(cc2[N+](=O)[O-])OCO3)NC(=O)N1Cc1ccc(C(=O)O)cc1. The first kappa shape index (κ1) is 26.2. The van der Waals surface area contributed by atoms with E-state index in [0.717, 1.165) is 5.56 Å². The van der Waals surface area contributed by atoms with Crippen LogP contribution < -0.4 is 14.8 Å². The molecule has 40 heavy (non-hydrogen) atoms. The van der Waals surface area contributed by atoms with Crippen molar-refractivity contribution in [2.24, 2.45) is 0 Å². The molecule has 5 rings (SSSR count). The Labute approximate surface area is 227 Å². The van der Waals surface area contributed by atoms with E-state index in [-0.39, 0.29) is 59.5 Å². The zero-order chi connectivity index (χ0) is 28.4. The lowest BCUT2D eigenvalue weighted by Crippen LogP contribution is -2.47. The van der Waals surface area contributed by atoms with Crippen molar-refractivity contribution in [2.75, 3.05) is 6.79 Å². The number of hydrogen-bond acceptors (Lipinski definition) is 8. The zero-order valence-corrected chi connectivity index (χ0v) is 21.2. The number of rotatable bonds is 8. The molecule has 0 aromatic heterocycles. The Hall–Kier alpha value is -5.39. The van der Waals surface area contributed by atoms with E-state index in [4.69, 9.17) is 19.3 Å². The van der Waals surface area contributed by atoms with E-state index in [2.05, 4.69) is 5.32 Å². The molecular formula is C28H23N3O9. The minimum Gasteiger partial charge on any atom is -0.478 e. The number of urea groups is 1. The maximum atomic E-state index is 13.6. The Morgan fingerprint density at radius 3 is 2.40 bits per heavy atom. The third kappa shape index (κ3) is 5.14. The summed E-state index contributed by atoms with van der Waals surface area (Å²) in [6, 6.07) is 15.7. The molecule has 2 amide bonds. The van der Waals surface area contributed by atoms with Gasteiger partial charge >= 0.3 is 18.0 Å². The Balaban J connectivity index is 1.55. The summed E-state index contributed by atoms with van der Waals surface area (Å²) in [5.74, 6) is -1.44. The van der Waals surface area contributed by atoms with Gasteiger partial charge in [-0.15, -0.1) is 0 Å². The van der Waals surface area contributed by atoms with Crippen LogP contribution in [0.4, 0.5) is 10.5 Å². The zero-order valence-electron chi connectivity index (χ0n) is 21.2. The van der Waals surface area contributed by atoms with Crippen molar-refractivity contribution in [3.63, 3.8) is 0 Å². The Kier molecular flexibility index (Phi) is 7.06. The number of amides is 2. The molecule has 0 saturated heterocycles. The highest BCUT2D eigenvalue weighted by Gasteiger charge is 2.40. The minimum atomic E-state index is -1.23. The summed E-state index contributed by atoms with van der Waals surface area (Å²) >= 11 is 0. The lowest BCUT2D eigenvalue weighted by Gasteiger charge is -2.35. The Bertz CT molecular complexity index is 1530. The van der Waals surface area contributed by atoms with Crippen molar-refractivity contribution in [1.29, 1.82) is 0 Å². The fourth-order valence-electron chi connectivity index (χ4n) is 4.54. The van der Waals surface area contributed by atoms with Gasteiger partial charge in [0, 0.05) is 5.70 Å². The predicted molar refractivity (Wildman–Crippen MR) is 138 cm³/mol. The summed E-state index contributed by atoms with van der Waals surface area (Å²) in [5.41, 5.74) is 1.30. The highest BCUT2D eigenvalue weighted by Crippen LogP contribution is 2.43. The standard InChI is InChI=1S/C28H23N3O9/c1-16-24(27(34)38-14-18-5-3-2-4-6-18)25(20-11-22-23(40-15-39-22)12-21(20)31(36)37)29-28(35)30(16)13-17-7-9-19(10-8-17)26(32)33/h2-12,25H,13-15H2,1H3,(H,29,35)(H,32,33). The Morgan fingerprint density at radius 2 is 1.75 bits per heavy atom. The van der Waals surface area contributed by atoms with Gasteiger partial charge < -0.3 is 24.6 Å². The number of nitro benzene ring substituents is 1. The summed E-state index contributed by atoms with van der Waals surface area (Å²) in [4.78, 5) is 50.8. The number of nitrogens with one attached hydrogen (secondary N) is 1. The van der Waals surface area contributed by atoms with Crippen LogP contribution in [-0.2, 0) is 22.7 Å². The minimum absolute atomic E-state index is 0.000322. The number of carboxylic acids is 1. The van der Waals surface area contributed by atoms with Gasteiger partial charge in [-0.05, 0) is 36.2 Å².